The lowest BCUT2D eigenvalue weighted by Crippen LogP contribution is -2.13. The quantitative estimate of drug-likeness (QED) is 0.556. The fraction of sp³-hybridized carbons (Fsp3) is 0.0833. The van der Waals surface area contributed by atoms with Crippen molar-refractivity contribution < 1.29 is 4.42 Å². The van der Waals surface area contributed by atoms with Crippen LogP contribution < -0.4 is 5.56 Å². The van der Waals surface area contributed by atoms with Crippen molar-refractivity contribution in [3.05, 3.63) is 46.9 Å². The Balaban J connectivity index is 2.61. The molecule has 3 aromatic rings. The third kappa shape index (κ3) is 1.09. The Kier molecular flexibility index (Phi) is 1.51. The van der Waals surface area contributed by atoms with Gasteiger partial charge in [-0.2, -0.15) is 0 Å². The minimum atomic E-state index is -0.0541. The molecule has 0 radical (unpaired) electrons. The van der Waals surface area contributed by atoms with Crippen LogP contribution >= 0.6 is 0 Å². The van der Waals surface area contributed by atoms with E-state index in [0.717, 1.165) is 16.4 Å². The molecule has 0 amide bonds. The highest BCUT2D eigenvalue weighted by molar-refractivity contribution is 6.04. The smallest absolute Gasteiger partial charge is 0.254 e. The SMILES string of the molecule is Cn1cc2c(cc1=O)oc1ccccc12. The summed E-state index contributed by atoms with van der Waals surface area (Å²) in [4.78, 5) is 11.4. The van der Waals surface area contributed by atoms with Crippen LogP contribution in [0.1, 0.15) is 0 Å². The van der Waals surface area contributed by atoms with Crippen molar-refractivity contribution in [2.24, 2.45) is 7.05 Å². The molecular weight excluding hydrogens is 190 g/mol. The molecule has 0 aliphatic heterocycles. The van der Waals surface area contributed by atoms with Gasteiger partial charge in [0.05, 0.1) is 0 Å². The summed E-state index contributed by atoms with van der Waals surface area (Å²) >= 11 is 0. The van der Waals surface area contributed by atoms with Gasteiger partial charge in [-0.25, -0.2) is 0 Å². The van der Waals surface area contributed by atoms with E-state index in [9.17, 15) is 4.79 Å². The van der Waals surface area contributed by atoms with E-state index in [-0.39, 0.29) is 5.56 Å². The fourth-order valence-corrected chi connectivity index (χ4v) is 1.80. The van der Waals surface area contributed by atoms with Crippen LogP contribution in [0, 0.1) is 0 Å². The number of aryl methyl sites for hydroxylation is 1. The van der Waals surface area contributed by atoms with Gasteiger partial charge in [0.2, 0.25) is 0 Å². The topological polar surface area (TPSA) is 35.1 Å². The van der Waals surface area contributed by atoms with Gasteiger partial charge >= 0.3 is 0 Å². The summed E-state index contributed by atoms with van der Waals surface area (Å²) in [7, 11) is 1.74. The van der Waals surface area contributed by atoms with Crippen molar-refractivity contribution in [1.29, 1.82) is 0 Å². The average molecular weight is 199 g/mol. The summed E-state index contributed by atoms with van der Waals surface area (Å²) < 4.78 is 7.13. The van der Waals surface area contributed by atoms with Crippen LogP contribution in [0.3, 0.4) is 0 Å². The molecule has 2 heterocycles. The summed E-state index contributed by atoms with van der Waals surface area (Å²) in [5, 5.41) is 2.02. The molecule has 3 rings (SSSR count). The number of nitrogens with zero attached hydrogens (tertiary/aromatic N) is 1. The van der Waals surface area contributed by atoms with Crippen LogP contribution in [-0.2, 0) is 7.05 Å². The number of hydrogen-bond donors (Lipinski definition) is 0. The van der Waals surface area contributed by atoms with E-state index in [4.69, 9.17) is 4.42 Å². The number of para-hydroxylation sites is 1. The van der Waals surface area contributed by atoms with Gasteiger partial charge in [-0.1, -0.05) is 18.2 Å². The second-order valence-corrected chi connectivity index (χ2v) is 3.60. The second-order valence-electron chi connectivity index (χ2n) is 3.60. The molecule has 0 fully saturated rings. The molecule has 15 heavy (non-hydrogen) atoms. The summed E-state index contributed by atoms with van der Waals surface area (Å²) in [5.41, 5.74) is 1.42. The Bertz CT molecular complexity index is 706. The summed E-state index contributed by atoms with van der Waals surface area (Å²) in [6.07, 6.45) is 1.81. The molecular formula is C12H9NO2. The Morgan fingerprint density at radius 3 is 2.80 bits per heavy atom. The van der Waals surface area contributed by atoms with Gasteiger partial charge in [-0.3, -0.25) is 4.79 Å². The van der Waals surface area contributed by atoms with Gasteiger partial charge in [0.25, 0.3) is 5.56 Å². The normalized spacial score (nSPS) is 11.3. The van der Waals surface area contributed by atoms with Crippen molar-refractivity contribution in [2.45, 2.75) is 0 Å². The maximum Gasteiger partial charge on any atom is 0.254 e. The minimum absolute atomic E-state index is 0.0541. The fourth-order valence-electron chi connectivity index (χ4n) is 1.80. The van der Waals surface area contributed by atoms with Gasteiger partial charge in [-0.05, 0) is 6.07 Å². The Morgan fingerprint density at radius 2 is 1.93 bits per heavy atom. The maximum absolute atomic E-state index is 11.4. The van der Waals surface area contributed by atoms with E-state index in [1.807, 2.05) is 30.5 Å². The van der Waals surface area contributed by atoms with E-state index in [2.05, 4.69) is 0 Å². The zero-order chi connectivity index (χ0) is 10.4. The zero-order valence-electron chi connectivity index (χ0n) is 8.23. The van der Waals surface area contributed by atoms with Crippen LogP contribution in [0.4, 0.5) is 0 Å². The van der Waals surface area contributed by atoms with Crippen molar-refractivity contribution in [2.75, 3.05) is 0 Å². The van der Waals surface area contributed by atoms with Crippen LogP contribution in [0.5, 0.6) is 0 Å². The Labute approximate surface area is 85.5 Å². The molecule has 0 unspecified atom stereocenters. The van der Waals surface area contributed by atoms with Gasteiger partial charge in [0.15, 0.2) is 0 Å². The van der Waals surface area contributed by atoms with Gasteiger partial charge in [0.1, 0.15) is 11.2 Å². The molecule has 0 N–H and O–H groups in total. The number of fused-ring (bicyclic) bond motifs is 3. The maximum atomic E-state index is 11.4. The van der Waals surface area contributed by atoms with Crippen LogP contribution in [0.15, 0.2) is 45.7 Å². The molecule has 74 valence electrons. The number of rotatable bonds is 0. The molecule has 0 aliphatic carbocycles. The van der Waals surface area contributed by atoms with Crippen molar-refractivity contribution >= 4 is 21.9 Å². The standard InChI is InChI=1S/C12H9NO2/c1-13-7-9-8-4-2-3-5-10(8)15-11(9)6-12(13)14/h2-7H,1H3. The lowest BCUT2D eigenvalue weighted by molar-refractivity contribution is 0.666. The molecule has 3 nitrogen and oxygen atoms in total. The van der Waals surface area contributed by atoms with E-state index in [1.54, 1.807) is 11.6 Å². The van der Waals surface area contributed by atoms with Gasteiger partial charge in [0, 0.05) is 30.1 Å². The first-order chi connectivity index (χ1) is 7.25. The summed E-state index contributed by atoms with van der Waals surface area (Å²) in [5.74, 6) is 0. The monoisotopic (exact) mass is 199 g/mol. The lowest BCUT2D eigenvalue weighted by atomic mass is 10.2. The Morgan fingerprint density at radius 1 is 1.13 bits per heavy atom. The highest BCUT2D eigenvalue weighted by Gasteiger charge is 2.06. The third-order valence-corrected chi connectivity index (χ3v) is 2.59. The molecule has 2 aromatic heterocycles. The third-order valence-electron chi connectivity index (χ3n) is 2.59. The first-order valence-electron chi connectivity index (χ1n) is 4.73. The molecule has 0 saturated heterocycles. The minimum Gasteiger partial charge on any atom is -0.456 e. The van der Waals surface area contributed by atoms with E-state index in [1.165, 1.54) is 6.07 Å². The summed E-state index contributed by atoms with van der Waals surface area (Å²) in [6, 6.07) is 9.30. The molecule has 0 saturated carbocycles. The molecule has 0 bridgehead atoms. The first kappa shape index (κ1) is 8.29. The van der Waals surface area contributed by atoms with Crippen LogP contribution in [0.2, 0.25) is 0 Å². The van der Waals surface area contributed by atoms with Crippen molar-refractivity contribution in [1.82, 2.24) is 4.57 Å². The van der Waals surface area contributed by atoms with Crippen LogP contribution in [0.25, 0.3) is 21.9 Å². The van der Waals surface area contributed by atoms with Crippen molar-refractivity contribution in [3.63, 3.8) is 0 Å². The van der Waals surface area contributed by atoms with Crippen molar-refractivity contribution in [3.8, 4) is 0 Å². The predicted octanol–water partition coefficient (Wildman–Crippen LogP) is 2.28. The number of furan rings is 1. The van der Waals surface area contributed by atoms with E-state index in [0.29, 0.717) is 5.58 Å². The lowest BCUT2D eigenvalue weighted by Gasteiger charge is -1.94. The number of pyridine rings is 1. The number of hydrogen-bond acceptors (Lipinski definition) is 2. The zero-order valence-corrected chi connectivity index (χ0v) is 8.23. The second kappa shape index (κ2) is 2.73. The van der Waals surface area contributed by atoms with Gasteiger partial charge < -0.3 is 8.98 Å². The molecule has 1 aromatic carbocycles. The number of aromatic nitrogens is 1. The number of benzene rings is 1. The molecule has 0 aliphatic rings. The first-order valence-corrected chi connectivity index (χ1v) is 4.73. The van der Waals surface area contributed by atoms with E-state index >= 15 is 0 Å². The molecule has 0 atom stereocenters. The Hall–Kier alpha value is -2.03. The van der Waals surface area contributed by atoms with Crippen LogP contribution in [-0.4, -0.2) is 4.57 Å². The largest absolute Gasteiger partial charge is 0.456 e. The highest BCUT2D eigenvalue weighted by Crippen LogP contribution is 2.26. The van der Waals surface area contributed by atoms with E-state index < -0.39 is 0 Å². The average Bonchev–Trinajstić information content (AvgIpc) is 2.57. The molecule has 0 spiro atoms. The molecule has 3 heteroatoms. The highest BCUT2D eigenvalue weighted by atomic mass is 16.3. The summed E-state index contributed by atoms with van der Waals surface area (Å²) in [6.45, 7) is 0. The van der Waals surface area contributed by atoms with Gasteiger partial charge in [-0.15, -0.1) is 0 Å². The predicted molar refractivity (Wildman–Crippen MR) is 59.0 cm³/mol.